The van der Waals surface area contributed by atoms with Crippen molar-refractivity contribution in [2.75, 3.05) is 12.8 Å². The fourth-order valence-corrected chi connectivity index (χ4v) is 2.49. The van der Waals surface area contributed by atoms with Crippen molar-refractivity contribution in [1.29, 1.82) is 0 Å². The highest BCUT2D eigenvalue weighted by Crippen LogP contribution is 2.46. The van der Waals surface area contributed by atoms with Crippen molar-refractivity contribution in [3.05, 3.63) is 28.8 Å². The van der Waals surface area contributed by atoms with Gasteiger partial charge >= 0.3 is 0 Å². The van der Waals surface area contributed by atoms with Crippen molar-refractivity contribution in [2.24, 2.45) is 0 Å². The lowest BCUT2D eigenvalue weighted by Gasteiger charge is -2.13. The van der Waals surface area contributed by atoms with Gasteiger partial charge in [0.25, 0.3) is 5.91 Å². The summed E-state index contributed by atoms with van der Waals surface area (Å²) in [6.45, 7) is 0.686. The molecule has 0 aliphatic heterocycles. The summed E-state index contributed by atoms with van der Waals surface area (Å²) in [7, 11) is 0. The first-order chi connectivity index (χ1) is 8.06. The summed E-state index contributed by atoms with van der Waals surface area (Å²) < 4.78 is 0.246. The van der Waals surface area contributed by atoms with Crippen molar-refractivity contribution < 1.29 is 9.90 Å². The van der Waals surface area contributed by atoms with Gasteiger partial charge in [0.2, 0.25) is 0 Å². The van der Waals surface area contributed by atoms with Gasteiger partial charge in [0.1, 0.15) is 5.75 Å². The number of aromatic hydroxyl groups is 1. The minimum absolute atomic E-state index is 0.00834. The van der Waals surface area contributed by atoms with E-state index >= 15 is 0 Å². The Morgan fingerprint density at radius 2 is 2.29 bits per heavy atom. The van der Waals surface area contributed by atoms with E-state index in [4.69, 9.17) is 11.6 Å². The zero-order valence-corrected chi connectivity index (χ0v) is 11.1. The molecule has 2 N–H and O–H groups in total. The van der Waals surface area contributed by atoms with Crippen LogP contribution in [-0.2, 0) is 0 Å². The highest BCUT2D eigenvalue weighted by Gasteiger charge is 2.41. The van der Waals surface area contributed by atoms with Gasteiger partial charge in [-0.15, -0.1) is 0 Å². The molecular formula is C12H14ClNO2S. The summed E-state index contributed by atoms with van der Waals surface area (Å²) in [6, 6.07) is 4.47. The van der Waals surface area contributed by atoms with Gasteiger partial charge in [0.15, 0.2) is 0 Å². The molecular weight excluding hydrogens is 258 g/mol. The van der Waals surface area contributed by atoms with Gasteiger partial charge < -0.3 is 10.4 Å². The number of carbonyl (C=O) groups is 1. The second kappa shape index (κ2) is 4.78. The van der Waals surface area contributed by atoms with Gasteiger partial charge in [-0.3, -0.25) is 4.79 Å². The minimum Gasteiger partial charge on any atom is -0.506 e. The molecule has 1 aromatic carbocycles. The van der Waals surface area contributed by atoms with Crippen molar-refractivity contribution in [1.82, 2.24) is 5.32 Å². The second-order valence-electron chi connectivity index (χ2n) is 4.24. The zero-order valence-electron chi connectivity index (χ0n) is 9.50. The molecule has 1 fully saturated rings. The summed E-state index contributed by atoms with van der Waals surface area (Å²) in [5, 5.41) is 12.4. The first-order valence-corrected chi connectivity index (χ1v) is 6.98. The van der Waals surface area contributed by atoms with Crippen LogP contribution in [0.25, 0.3) is 0 Å². The standard InChI is InChI=1S/C12H14ClNO2S/c1-17-12(4-5-12)7-14-11(16)8-2-3-10(15)9(13)6-8/h2-3,6,15H,4-5,7H2,1H3,(H,14,16). The Morgan fingerprint density at radius 1 is 1.59 bits per heavy atom. The number of phenols is 1. The number of phenolic OH excluding ortho intramolecular Hbond substituents is 1. The van der Waals surface area contributed by atoms with Crippen LogP contribution < -0.4 is 5.32 Å². The van der Waals surface area contributed by atoms with E-state index in [9.17, 15) is 9.90 Å². The zero-order chi connectivity index (χ0) is 12.5. The van der Waals surface area contributed by atoms with Gasteiger partial charge in [-0.1, -0.05) is 11.6 Å². The quantitative estimate of drug-likeness (QED) is 0.885. The molecule has 17 heavy (non-hydrogen) atoms. The normalized spacial score (nSPS) is 16.6. The van der Waals surface area contributed by atoms with E-state index in [0.717, 1.165) is 12.8 Å². The fourth-order valence-electron chi connectivity index (χ4n) is 1.58. The van der Waals surface area contributed by atoms with Crippen molar-refractivity contribution in [2.45, 2.75) is 17.6 Å². The lowest BCUT2D eigenvalue weighted by Crippen LogP contribution is -2.31. The topological polar surface area (TPSA) is 49.3 Å². The van der Waals surface area contributed by atoms with Crippen LogP contribution in [0.15, 0.2) is 18.2 Å². The van der Waals surface area contributed by atoms with Gasteiger partial charge in [0, 0.05) is 16.9 Å². The predicted octanol–water partition coefficient (Wildman–Crippen LogP) is 2.67. The third kappa shape index (κ3) is 2.87. The molecule has 0 radical (unpaired) electrons. The number of carbonyl (C=O) groups excluding carboxylic acids is 1. The molecule has 0 heterocycles. The minimum atomic E-state index is -0.146. The van der Waals surface area contributed by atoms with Crippen LogP contribution in [0.3, 0.4) is 0 Å². The van der Waals surface area contributed by atoms with E-state index in [2.05, 4.69) is 11.6 Å². The molecule has 1 saturated carbocycles. The Bertz CT molecular complexity index is 446. The van der Waals surface area contributed by atoms with Gasteiger partial charge in [-0.25, -0.2) is 0 Å². The summed E-state index contributed by atoms with van der Waals surface area (Å²) in [5.41, 5.74) is 0.477. The molecule has 0 saturated heterocycles. The number of nitrogens with one attached hydrogen (secondary N) is 1. The van der Waals surface area contributed by atoms with Crippen LogP contribution in [0.4, 0.5) is 0 Å². The lowest BCUT2D eigenvalue weighted by atomic mass is 10.2. The molecule has 0 unspecified atom stereocenters. The summed E-state index contributed by atoms with van der Waals surface area (Å²) in [5.74, 6) is -0.154. The smallest absolute Gasteiger partial charge is 0.251 e. The average Bonchev–Trinajstić information content (AvgIpc) is 3.10. The van der Waals surface area contributed by atoms with Crippen molar-refractivity contribution in [3.63, 3.8) is 0 Å². The van der Waals surface area contributed by atoms with E-state index in [1.54, 1.807) is 17.8 Å². The van der Waals surface area contributed by atoms with Crippen LogP contribution in [-0.4, -0.2) is 28.6 Å². The molecule has 1 aliphatic rings. The largest absolute Gasteiger partial charge is 0.506 e. The molecule has 3 nitrogen and oxygen atoms in total. The number of rotatable bonds is 4. The number of amides is 1. The van der Waals surface area contributed by atoms with E-state index < -0.39 is 0 Å². The number of thioether (sulfide) groups is 1. The van der Waals surface area contributed by atoms with E-state index in [1.807, 2.05) is 0 Å². The Hall–Kier alpha value is -0.870. The Kier molecular flexibility index (Phi) is 3.54. The molecule has 1 aromatic rings. The van der Waals surface area contributed by atoms with E-state index in [0.29, 0.717) is 12.1 Å². The van der Waals surface area contributed by atoms with Gasteiger partial charge in [0.05, 0.1) is 5.02 Å². The van der Waals surface area contributed by atoms with Gasteiger partial charge in [-0.2, -0.15) is 11.8 Å². The number of halogens is 1. The van der Waals surface area contributed by atoms with Crippen LogP contribution in [0.2, 0.25) is 5.02 Å². The number of hydrogen-bond donors (Lipinski definition) is 2. The van der Waals surface area contributed by atoms with E-state index in [1.165, 1.54) is 12.1 Å². The van der Waals surface area contributed by atoms with Gasteiger partial charge in [-0.05, 0) is 37.3 Å². The molecule has 92 valence electrons. The van der Waals surface area contributed by atoms with Crippen LogP contribution in [0.5, 0.6) is 5.75 Å². The average molecular weight is 272 g/mol. The van der Waals surface area contributed by atoms with Crippen molar-refractivity contribution in [3.8, 4) is 5.75 Å². The summed E-state index contributed by atoms with van der Waals surface area (Å²) in [4.78, 5) is 11.8. The molecule has 2 rings (SSSR count). The fraction of sp³-hybridized carbons (Fsp3) is 0.417. The van der Waals surface area contributed by atoms with Crippen LogP contribution in [0, 0.1) is 0 Å². The third-order valence-corrected chi connectivity index (χ3v) is 4.74. The third-order valence-electron chi connectivity index (χ3n) is 3.02. The molecule has 1 amide bonds. The monoisotopic (exact) mass is 271 g/mol. The molecule has 0 bridgehead atoms. The maximum absolute atomic E-state index is 11.8. The Labute approximate surface area is 110 Å². The number of benzene rings is 1. The molecule has 0 aromatic heterocycles. The summed E-state index contributed by atoms with van der Waals surface area (Å²) >= 11 is 7.55. The van der Waals surface area contributed by atoms with Crippen LogP contribution in [0.1, 0.15) is 23.2 Å². The second-order valence-corrected chi connectivity index (χ2v) is 5.92. The van der Waals surface area contributed by atoms with Crippen molar-refractivity contribution >= 4 is 29.3 Å². The first-order valence-electron chi connectivity index (χ1n) is 5.38. The SMILES string of the molecule is CSC1(CNC(=O)c2ccc(O)c(Cl)c2)CC1. The molecule has 0 atom stereocenters. The molecule has 5 heteroatoms. The predicted molar refractivity (Wildman–Crippen MR) is 70.9 cm³/mol. The molecule has 1 aliphatic carbocycles. The van der Waals surface area contributed by atoms with Crippen LogP contribution >= 0.6 is 23.4 Å². The highest BCUT2D eigenvalue weighted by atomic mass is 35.5. The number of hydrogen-bond acceptors (Lipinski definition) is 3. The Balaban J connectivity index is 1.97. The van der Waals surface area contributed by atoms with E-state index in [-0.39, 0.29) is 21.4 Å². The molecule has 0 spiro atoms. The highest BCUT2D eigenvalue weighted by molar-refractivity contribution is 8.00. The maximum Gasteiger partial charge on any atom is 0.251 e. The maximum atomic E-state index is 11.8. The Morgan fingerprint density at radius 3 is 2.82 bits per heavy atom. The lowest BCUT2D eigenvalue weighted by molar-refractivity contribution is 0.0953. The first kappa shape index (κ1) is 12.6. The summed E-state index contributed by atoms with van der Waals surface area (Å²) in [6.07, 6.45) is 4.38.